The highest BCUT2D eigenvalue weighted by atomic mass is 28.4. The Kier molecular flexibility index (Phi) is 8.78. The van der Waals surface area contributed by atoms with Crippen molar-refractivity contribution in [2.45, 2.75) is 52.5 Å². The molecule has 0 aliphatic heterocycles. The number of unbranched alkanes of at least 4 members (excludes halogenated alkanes) is 2. The van der Waals surface area contributed by atoms with Gasteiger partial charge in [-0.3, -0.25) is 18.8 Å². The van der Waals surface area contributed by atoms with Gasteiger partial charge >= 0.3 is 8.80 Å². The molecule has 0 heterocycles. The Balaban J connectivity index is 4.57. The highest BCUT2D eigenvalue weighted by Gasteiger charge is 2.50. The van der Waals surface area contributed by atoms with E-state index in [-0.39, 0.29) is 12.5 Å². The molecule has 0 aliphatic rings. The van der Waals surface area contributed by atoms with Gasteiger partial charge in [0.1, 0.15) is 0 Å². The molecule has 20 heavy (non-hydrogen) atoms. The molecule has 116 valence electrons. The number of carbonyl (C=O) groups excluding carboxylic acids is 3. The first-order valence-corrected chi connectivity index (χ1v) is 8.45. The van der Waals surface area contributed by atoms with Crippen molar-refractivity contribution in [3.8, 4) is 0 Å². The van der Waals surface area contributed by atoms with E-state index in [1.165, 1.54) is 0 Å². The summed E-state index contributed by atoms with van der Waals surface area (Å²) in [6.07, 6.45) is 1.49. The van der Waals surface area contributed by atoms with Gasteiger partial charge < -0.3 is 13.3 Å². The summed E-state index contributed by atoms with van der Waals surface area (Å²) in [5, 5.41) is 0. The van der Waals surface area contributed by atoms with Gasteiger partial charge in [-0.15, -0.1) is 0 Å². The van der Waals surface area contributed by atoms with E-state index in [4.69, 9.17) is 13.3 Å². The molecule has 0 bridgehead atoms. The molecule has 0 aromatic heterocycles. The molecule has 0 saturated heterocycles. The van der Waals surface area contributed by atoms with Crippen LogP contribution >= 0.6 is 0 Å². The second-order valence-corrected chi connectivity index (χ2v) is 6.88. The van der Waals surface area contributed by atoms with Crippen molar-refractivity contribution in [2.75, 3.05) is 6.67 Å². The maximum atomic E-state index is 11.9. The molecular weight excluding hydrogens is 287 g/mol. The standard InChI is InChI=1S/C12H21FO6Si/c1-4-20(17-10(2)14,18-11(3)15)19-12(16)8-6-5-7-9-13/h4-9H2,1-3H3. The molecule has 0 amide bonds. The zero-order valence-corrected chi connectivity index (χ0v) is 13.1. The average molecular weight is 308 g/mol. The van der Waals surface area contributed by atoms with E-state index < -0.39 is 33.4 Å². The van der Waals surface area contributed by atoms with Crippen LogP contribution in [-0.2, 0) is 27.7 Å². The highest BCUT2D eigenvalue weighted by molar-refractivity contribution is 6.65. The molecule has 0 aromatic carbocycles. The van der Waals surface area contributed by atoms with Crippen LogP contribution in [0.1, 0.15) is 46.5 Å². The van der Waals surface area contributed by atoms with Gasteiger partial charge in [-0.05, 0) is 12.8 Å². The van der Waals surface area contributed by atoms with Crippen LogP contribution in [0.4, 0.5) is 4.39 Å². The van der Waals surface area contributed by atoms with Gasteiger partial charge in [0, 0.05) is 20.3 Å². The van der Waals surface area contributed by atoms with E-state index in [0.717, 1.165) is 13.8 Å². The van der Waals surface area contributed by atoms with Gasteiger partial charge in [0.05, 0.1) is 12.7 Å². The highest BCUT2D eigenvalue weighted by Crippen LogP contribution is 2.18. The van der Waals surface area contributed by atoms with E-state index in [2.05, 4.69) is 0 Å². The van der Waals surface area contributed by atoms with Crippen LogP contribution in [-0.4, -0.2) is 33.4 Å². The van der Waals surface area contributed by atoms with E-state index >= 15 is 0 Å². The Bertz CT molecular complexity index is 331. The van der Waals surface area contributed by atoms with Gasteiger partial charge in [0.25, 0.3) is 17.9 Å². The number of alkyl halides is 1. The molecule has 0 fully saturated rings. The van der Waals surface area contributed by atoms with Crippen molar-refractivity contribution in [1.29, 1.82) is 0 Å². The lowest BCUT2D eigenvalue weighted by Crippen LogP contribution is -2.49. The fourth-order valence-electron chi connectivity index (χ4n) is 1.48. The topological polar surface area (TPSA) is 78.9 Å². The molecular formula is C12H21FO6Si. The number of halogens is 1. The van der Waals surface area contributed by atoms with Gasteiger partial charge in [0.15, 0.2) is 0 Å². The molecule has 0 N–H and O–H groups in total. The largest absolute Gasteiger partial charge is 0.704 e. The summed E-state index contributed by atoms with van der Waals surface area (Å²) in [5.41, 5.74) is 0. The van der Waals surface area contributed by atoms with Gasteiger partial charge in [0.2, 0.25) is 0 Å². The van der Waals surface area contributed by atoms with Gasteiger partial charge in [-0.2, -0.15) is 0 Å². The lowest BCUT2D eigenvalue weighted by Gasteiger charge is -2.25. The van der Waals surface area contributed by atoms with Gasteiger partial charge in [-0.25, -0.2) is 0 Å². The molecule has 0 spiro atoms. The molecule has 0 unspecified atom stereocenters. The lowest BCUT2D eigenvalue weighted by atomic mass is 10.2. The molecule has 8 heteroatoms. The maximum absolute atomic E-state index is 11.9. The van der Waals surface area contributed by atoms with E-state index in [9.17, 15) is 18.8 Å². The minimum Gasteiger partial charge on any atom is -0.455 e. The second-order valence-electron chi connectivity index (χ2n) is 4.20. The van der Waals surface area contributed by atoms with Crippen LogP contribution in [0.15, 0.2) is 0 Å². The summed E-state index contributed by atoms with van der Waals surface area (Å²) >= 11 is 0. The zero-order chi connectivity index (χ0) is 15.6. The number of rotatable bonds is 9. The second kappa shape index (κ2) is 9.46. The summed E-state index contributed by atoms with van der Waals surface area (Å²) in [7, 11) is -3.65. The van der Waals surface area contributed by atoms with E-state index in [1.54, 1.807) is 6.92 Å². The molecule has 0 saturated carbocycles. The summed E-state index contributed by atoms with van der Waals surface area (Å²) in [6, 6.07) is 0.113. The van der Waals surface area contributed by atoms with Crippen LogP contribution in [0, 0.1) is 0 Å². The summed E-state index contributed by atoms with van der Waals surface area (Å²) in [6.45, 7) is 3.48. The molecule has 0 radical (unpaired) electrons. The third-order valence-corrected chi connectivity index (χ3v) is 4.92. The van der Waals surface area contributed by atoms with Crippen molar-refractivity contribution in [3.05, 3.63) is 0 Å². The minimum atomic E-state index is -3.65. The fraction of sp³-hybridized carbons (Fsp3) is 0.750. The predicted octanol–water partition coefficient (Wildman–Crippen LogP) is 2.14. The van der Waals surface area contributed by atoms with Crippen molar-refractivity contribution in [2.24, 2.45) is 0 Å². The smallest absolute Gasteiger partial charge is 0.455 e. The van der Waals surface area contributed by atoms with Crippen LogP contribution < -0.4 is 0 Å². The Labute approximate surface area is 118 Å². The predicted molar refractivity (Wildman–Crippen MR) is 70.3 cm³/mol. The van der Waals surface area contributed by atoms with Crippen molar-refractivity contribution in [1.82, 2.24) is 0 Å². The normalized spacial score (nSPS) is 10.8. The Hall–Kier alpha value is -1.44. The maximum Gasteiger partial charge on any atom is 0.704 e. The van der Waals surface area contributed by atoms with Crippen LogP contribution in [0.25, 0.3) is 0 Å². The monoisotopic (exact) mass is 308 g/mol. The van der Waals surface area contributed by atoms with Crippen LogP contribution in [0.2, 0.25) is 6.04 Å². The summed E-state index contributed by atoms with van der Waals surface area (Å²) in [4.78, 5) is 33.8. The summed E-state index contributed by atoms with van der Waals surface area (Å²) in [5.74, 6) is -1.96. The quantitative estimate of drug-likeness (QED) is 0.479. The SMILES string of the molecule is CC[Si](OC(C)=O)(OC(C)=O)OC(=O)CCCCCF. The fourth-order valence-corrected chi connectivity index (χ4v) is 3.36. The minimum absolute atomic E-state index is 0.0667. The average Bonchev–Trinajstić information content (AvgIpc) is 2.32. The third kappa shape index (κ3) is 7.88. The first-order valence-electron chi connectivity index (χ1n) is 6.52. The van der Waals surface area contributed by atoms with Crippen LogP contribution in [0.5, 0.6) is 0 Å². The Morgan fingerprint density at radius 2 is 1.50 bits per heavy atom. The van der Waals surface area contributed by atoms with Crippen molar-refractivity contribution >= 4 is 26.7 Å². The van der Waals surface area contributed by atoms with Crippen molar-refractivity contribution < 1.29 is 32.1 Å². The van der Waals surface area contributed by atoms with Gasteiger partial charge in [-0.1, -0.05) is 13.3 Å². The number of hydrogen-bond donors (Lipinski definition) is 0. The first kappa shape index (κ1) is 18.6. The number of carbonyl (C=O) groups is 3. The lowest BCUT2D eigenvalue weighted by molar-refractivity contribution is -0.148. The molecule has 6 nitrogen and oxygen atoms in total. The van der Waals surface area contributed by atoms with Crippen LogP contribution in [0.3, 0.4) is 0 Å². The molecule has 0 rings (SSSR count). The zero-order valence-electron chi connectivity index (χ0n) is 12.1. The third-order valence-electron chi connectivity index (χ3n) is 2.32. The van der Waals surface area contributed by atoms with E-state index in [0.29, 0.717) is 19.3 Å². The van der Waals surface area contributed by atoms with Crippen molar-refractivity contribution in [3.63, 3.8) is 0 Å². The molecule has 0 atom stereocenters. The Morgan fingerprint density at radius 1 is 0.950 bits per heavy atom. The Morgan fingerprint density at radius 3 is 1.90 bits per heavy atom. The van der Waals surface area contributed by atoms with E-state index in [1.807, 2.05) is 0 Å². The molecule has 0 aromatic rings. The first-order chi connectivity index (χ1) is 9.35. The summed E-state index contributed by atoms with van der Waals surface area (Å²) < 4.78 is 26.9. The molecule has 0 aliphatic carbocycles. The number of hydrogen-bond acceptors (Lipinski definition) is 6.